The molecule has 8 heteroatoms. The van der Waals surface area contributed by atoms with Crippen molar-refractivity contribution in [2.24, 2.45) is 14.1 Å². The summed E-state index contributed by atoms with van der Waals surface area (Å²) in [5.74, 6) is 0.585. The van der Waals surface area contributed by atoms with Crippen LogP contribution in [0.3, 0.4) is 0 Å². The fraction of sp³-hybridized carbons (Fsp3) is 0.235. The summed E-state index contributed by atoms with van der Waals surface area (Å²) in [5.41, 5.74) is 0.857. The Kier molecular flexibility index (Phi) is 4.58. The van der Waals surface area contributed by atoms with E-state index in [-0.39, 0.29) is 5.56 Å². The molecule has 0 unspecified atom stereocenters. The van der Waals surface area contributed by atoms with E-state index >= 15 is 0 Å². The first kappa shape index (κ1) is 17.5. The maximum absolute atomic E-state index is 12.5. The molecule has 2 aromatic heterocycles. The van der Waals surface area contributed by atoms with Gasteiger partial charge in [-0.2, -0.15) is 0 Å². The van der Waals surface area contributed by atoms with Gasteiger partial charge in [0.2, 0.25) is 0 Å². The van der Waals surface area contributed by atoms with Crippen molar-refractivity contribution in [2.45, 2.75) is 13.5 Å². The first-order valence-corrected chi connectivity index (χ1v) is 8.40. The summed E-state index contributed by atoms with van der Waals surface area (Å²) in [6.07, 6.45) is 3.62. The molecule has 0 amide bonds. The van der Waals surface area contributed by atoms with Crippen molar-refractivity contribution in [1.82, 2.24) is 18.7 Å². The quantitative estimate of drug-likeness (QED) is 0.703. The van der Waals surface area contributed by atoms with E-state index in [4.69, 9.17) is 23.2 Å². The van der Waals surface area contributed by atoms with E-state index in [0.29, 0.717) is 33.6 Å². The van der Waals surface area contributed by atoms with Crippen LogP contribution >= 0.6 is 23.2 Å². The zero-order valence-electron chi connectivity index (χ0n) is 14.0. The Balaban J connectivity index is 2.20. The van der Waals surface area contributed by atoms with E-state index in [1.165, 1.54) is 11.6 Å². The van der Waals surface area contributed by atoms with E-state index in [9.17, 15) is 9.59 Å². The van der Waals surface area contributed by atoms with E-state index in [0.717, 1.165) is 10.1 Å². The Morgan fingerprint density at radius 2 is 1.80 bits per heavy atom. The molecule has 0 fully saturated rings. The Hall–Kier alpha value is -2.31. The van der Waals surface area contributed by atoms with E-state index in [1.807, 2.05) is 19.1 Å². The number of benzene rings is 1. The number of imidazole rings is 1. The van der Waals surface area contributed by atoms with Gasteiger partial charge in [-0.3, -0.25) is 13.9 Å². The average Bonchev–Trinajstić information content (AvgIpc) is 2.97. The van der Waals surface area contributed by atoms with Gasteiger partial charge in [-0.25, -0.2) is 9.78 Å². The number of nitrogens with zero attached hydrogens (tertiary/aromatic N) is 4. The van der Waals surface area contributed by atoms with Crippen LogP contribution in [0.5, 0.6) is 0 Å². The van der Waals surface area contributed by atoms with Crippen LogP contribution in [0.2, 0.25) is 10.0 Å². The highest BCUT2D eigenvalue weighted by Gasteiger charge is 2.16. The summed E-state index contributed by atoms with van der Waals surface area (Å²) in [6, 6.07) is 5.29. The molecule has 0 aliphatic rings. The summed E-state index contributed by atoms with van der Waals surface area (Å²) in [4.78, 5) is 29.0. The standard InChI is InChI=1S/C17H16Cl2N4O2/c1-4-23-13(8-6-10-5-7-11(18)12(19)9-10)20-15-14(23)16(24)22(3)17(25)21(15)2/h5-9H,4H2,1-3H3/b8-6+. The second kappa shape index (κ2) is 6.54. The summed E-state index contributed by atoms with van der Waals surface area (Å²) in [6.45, 7) is 2.47. The molecule has 0 saturated heterocycles. The lowest BCUT2D eigenvalue weighted by molar-refractivity contribution is 0.699. The van der Waals surface area contributed by atoms with Crippen molar-refractivity contribution in [3.63, 3.8) is 0 Å². The molecule has 3 rings (SSSR count). The fourth-order valence-corrected chi connectivity index (χ4v) is 3.00. The largest absolute Gasteiger partial charge is 0.332 e. The van der Waals surface area contributed by atoms with Gasteiger partial charge >= 0.3 is 5.69 Å². The van der Waals surface area contributed by atoms with E-state index in [2.05, 4.69) is 4.98 Å². The third-order valence-corrected chi connectivity index (χ3v) is 4.80. The van der Waals surface area contributed by atoms with Crippen molar-refractivity contribution in [2.75, 3.05) is 0 Å². The molecule has 0 atom stereocenters. The maximum atomic E-state index is 12.5. The maximum Gasteiger partial charge on any atom is 0.332 e. The lowest BCUT2D eigenvalue weighted by Gasteiger charge is -2.05. The van der Waals surface area contributed by atoms with Crippen LogP contribution in [0.1, 0.15) is 18.3 Å². The lowest BCUT2D eigenvalue weighted by Crippen LogP contribution is -2.37. The molecule has 3 aromatic rings. The first-order chi connectivity index (χ1) is 11.8. The number of halogens is 2. The van der Waals surface area contributed by atoms with Gasteiger partial charge in [0, 0.05) is 20.6 Å². The summed E-state index contributed by atoms with van der Waals surface area (Å²) < 4.78 is 4.24. The van der Waals surface area contributed by atoms with Crippen molar-refractivity contribution < 1.29 is 0 Å². The minimum absolute atomic E-state index is 0.360. The van der Waals surface area contributed by atoms with Crippen LogP contribution in [-0.4, -0.2) is 18.7 Å². The van der Waals surface area contributed by atoms with Crippen LogP contribution in [-0.2, 0) is 20.6 Å². The Labute approximate surface area is 153 Å². The molecule has 0 radical (unpaired) electrons. The van der Waals surface area contributed by atoms with Crippen molar-refractivity contribution in [3.05, 3.63) is 60.5 Å². The van der Waals surface area contributed by atoms with E-state index in [1.54, 1.807) is 29.8 Å². The monoisotopic (exact) mass is 378 g/mol. The molecular weight excluding hydrogens is 363 g/mol. The molecule has 1 aromatic carbocycles. The number of rotatable bonds is 3. The third-order valence-electron chi connectivity index (χ3n) is 4.06. The second-order valence-corrected chi connectivity index (χ2v) is 6.41. The van der Waals surface area contributed by atoms with Gasteiger partial charge in [0.25, 0.3) is 5.56 Å². The number of aromatic nitrogens is 4. The van der Waals surface area contributed by atoms with Gasteiger partial charge in [0.15, 0.2) is 11.2 Å². The van der Waals surface area contributed by atoms with Gasteiger partial charge in [0.1, 0.15) is 5.82 Å². The highest BCUT2D eigenvalue weighted by Crippen LogP contribution is 2.23. The van der Waals surface area contributed by atoms with Crippen molar-refractivity contribution in [3.8, 4) is 0 Å². The molecular formula is C17H16Cl2N4O2. The molecule has 130 valence electrons. The Morgan fingerprint density at radius 3 is 2.44 bits per heavy atom. The van der Waals surface area contributed by atoms with Crippen molar-refractivity contribution in [1.29, 1.82) is 0 Å². The number of fused-ring (bicyclic) bond motifs is 1. The Bertz CT molecular complexity index is 1120. The first-order valence-electron chi connectivity index (χ1n) is 7.64. The zero-order valence-corrected chi connectivity index (χ0v) is 15.5. The molecule has 0 bridgehead atoms. The fourth-order valence-electron chi connectivity index (χ4n) is 2.70. The summed E-state index contributed by atoms with van der Waals surface area (Å²) in [5, 5.41) is 0.946. The SMILES string of the molecule is CCn1c(/C=C/c2ccc(Cl)c(Cl)c2)nc2c1c(=O)n(C)c(=O)n2C. The normalized spacial score (nSPS) is 11.7. The van der Waals surface area contributed by atoms with E-state index < -0.39 is 5.69 Å². The van der Waals surface area contributed by atoms with Crippen molar-refractivity contribution >= 4 is 46.5 Å². The molecule has 6 nitrogen and oxygen atoms in total. The molecule has 0 saturated carbocycles. The van der Waals surface area contributed by atoms with Crippen LogP contribution in [0.15, 0.2) is 27.8 Å². The molecule has 0 aliphatic heterocycles. The van der Waals surface area contributed by atoms with Gasteiger partial charge in [0.05, 0.1) is 10.0 Å². The average molecular weight is 379 g/mol. The highest BCUT2D eigenvalue weighted by atomic mass is 35.5. The molecule has 25 heavy (non-hydrogen) atoms. The van der Waals surface area contributed by atoms with Gasteiger partial charge in [-0.15, -0.1) is 0 Å². The predicted molar refractivity (Wildman–Crippen MR) is 101 cm³/mol. The summed E-state index contributed by atoms with van der Waals surface area (Å²) in [7, 11) is 3.06. The second-order valence-electron chi connectivity index (χ2n) is 5.60. The van der Waals surface area contributed by atoms with Crippen LogP contribution in [0, 0.1) is 0 Å². The van der Waals surface area contributed by atoms with Gasteiger partial charge in [-0.05, 0) is 30.7 Å². The Morgan fingerprint density at radius 1 is 1.08 bits per heavy atom. The molecule has 0 aliphatic carbocycles. The number of aryl methyl sites for hydroxylation is 2. The smallest absolute Gasteiger partial charge is 0.319 e. The highest BCUT2D eigenvalue weighted by molar-refractivity contribution is 6.42. The molecule has 0 spiro atoms. The van der Waals surface area contributed by atoms with Crippen LogP contribution in [0.4, 0.5) is 0 Å². The molecule has 0 N–H and O–H groups in total. The zero-order chi connectivity index (χ0) is 18.3. The minimum Gasteiger partial charge on any atom is -0.319 e. The van der Waals surface area contributed by atoms with Crippen LogP contribution < -0.4 is 11.2 Å². The molecule has 2 heterocycles. The number of hydrogen-bond acceptors (Lipinski definition) is 3. The summed E-state index contributed by atoms with van der Waals surface area (Å²) >= 11 is 11.9. The number of hydrogen-bond donors (Lipinski definition) is 0. The van der Waals surface area contributed by atoms with Gasteiger partial charge < -0.3 is 4.57 Å². The lowest BCUT2D eigenvalue weighted by atomic mass is 10.2. The minimum atomic E-state index is -0.404. The van der Waals surface area contributed by atoms with Gasteiger partial charge in [-0.1, -0.05) is 35.3 Å². The predicted octanol–water partition coefficient (Wildman–Crippen LogP) is 2.93. The third kappa shape index (κ3) is 2.92. The topological polar surface area (TPSA) is 61.8 Å². The van der Waals surface area contributed by atoms with Crippen LogP contribution in [0.25, 0.3) is 23.3 Å².